The van der Waals surface area contributed by atoms with Crippen molar-refractivity contribution in [2.24, 2.45) is 5.73 Å². The van der Waals surface area contributed by atoms with E-state index in [-0.39, 0.29) is 11.3 Å². The summed E-state index contributed by atoms with van der Waals surface area (Å²) in [5.74, 6) is -1.56. The van der Waals surface area contributed by atoms with Crippen LogP contribution in [0.4, 0.5) is 5.69 Å². The van der Waals surface area contributed by atoms with Gasteiger partial charge < -0.3 is 15.8 Å². The summed E-state index contributed by atoms with van der Waals surface area (Å²) in [6.07, 6.45) is 1.67. The molecule has 0 atom stereocenters. The maximum Gasteiger partial charge on any atom is 0.339 e. The molecule has 0 fully saturated rings. The molecule has 0 bridgehead atoms. The third kappa shape index (κ3) is 4.86. The standard InChI is InChI=1S/C20H17N3O4S/c21-18(24)12-28-17-9-2-1-5-14(17)20(26)27-11-19(25)23-16-8-3-7-15-13(16)6-4-10-22-15/h1-10H,11-12H2,(H2,21,24)(H,23,25). The highest BCUT2D eigenvalue weighted by Gasteiger charge is 2.15. The molecule has 3 aromatic rings. The van der Waals surface area contributed by atoms with Crippen LogP contribution >= 0.6 is 11.8 Å². The average molecular weight is 395 g/mol. The van der Waals surface area contributed by atoms with E-state index >= 15 is 0 Å². The Labute approximate surface area is 165 Å². The van der Waals surface area contributed by atoms with Gasteiger partial charge in [0.1, 0.15) is 0 Å². The molecule has 1 heterocycles. The van der Waals surface area contributed by atoms with Crippen molar-refractivity contribution in [3.63, 3.8) is 0 Å². The summed E-state index contributed by atoms with van der Waals surface area (Å²) in [5.41, 5.74) is 6.75. The normalized spacial score (nSPS) is 10.4. The van der Waals surface area contributed by atoms with Gasteiger partial charge in [-0.15, -0.1) is 11.8 Å². The lowest BCUT2D eigenvalue weighted by Gasteiger charge is -2.10. The van der Waals surface area contributed by atoms with Crippen LogP contribution in [0.2, 0.25) is 0 Å². The number of ether oxygens (including phenoxy) is 1. The summed E-state index contributed by atoms with van der Waals surface area (Å²) < 4.78 is 5.13. The van der Waals surface area contributed by atoms with Crippen molar-refractivity contribution in [1.29, 1.82) is 0 Å². The smallest absolute Gasteiger partial charge is 0.339 e. The number of aromatic nitrogens is 1. The number of fused-ring (bicyclic) bond motifs is 1. The lowest BCUT2D eigenvalue weighted by molar-refractivity contribution is -0.119. The van der Waals surface area contributed by atoms with Crippen molar-refractivity contribution >= 4 is 46.1 Å². The zero-order valence-corrected chi connectivity index (χ0v) is 15.6. The predicted octanol–water partition coefficient (Wildman–Crippen LogP) is 2.61. The summed E-state index contributed by atoms with van der Waals surface area (Å²) in [4.78, 5) is 40.3. The van der Waals surface area contributed by atoms with Crippen molar-refractivity contribution in [3.8, 4) is 0 Å². The number of primary amides is 1. The molecular weight excluding hydrogens is 378 g/mol. The fourth-order valence-electron chi connectivity index (χ4n) is 2.52. The van der Waals surface area contributed by atoms with Gasteiger partial charge in [0.05, 0.1) is 22.5 Å². The number of pyridine rings is 1. The minimum Gasteiger partial charge on any atom is -0.452 e. The van der Waals surface area contributed by atoms with Gasteiger partial charge in [-0.3, -0.25) is 14.6 Å². The van der Waals surface area contributed by atoms with E-state index in [2.05, 4.69) is 10.3 Å². The molecule has 0 unspecified atom stereocenters. The number of nitrogens with one attached hydrogen (secondary N) is 1. The number of nitrogens with two attached hydrogens (primary N) is 1. The van der Waals surface area contributed by atoms with Gasteiger partial charge in [0.25, 0.3) is 5.91 Å². The summed E-state index contributed by atoms with van der Waals surface area (Å²) in [6.45, 7) is -0.440. The second-order valence-electron chi connectivity index (χ2n) is 5.75. The minimum absolute atomic E-state index is 0.0416. The molecule has 3 N–H and O–H groups in total. The molecule has 2 aromatic carbocycles. The first-order chi connectivity index (χ1) is 13.5. The van der Waals surface area contributed by atoms with E-state index in [4.69, 9.17) is 10.5 Å². The highest BCUT2D eigenvalue weighted by Crippen LogP contribution is 2.23. The topological polar surface area (TPSA) is 111 Å². The van der Waals surface area contributed by atoms with Crippen LogP contribution in [0.1, 0.15) is 10.4 Å². The van der Waals surface area contributed by atoms with E-state index in [9.17, 15) is 14.4 Å². The lowest BCUT2D eigenvalue weighted by Crippen LogP contribution is -2.21. The minimum atomic E-state index is -0.651. The van der Waals surface area contributed by atoms with E-state index in [1.807, 2.05) is 12.1 Å². The Bertz CT molecular complexity index is 1030. The van der Waals surface area contributed by atoms with Crippen LogP contribution < -0.4 is 11.1 Å². The fraction of sp³-hybridized carbons (Fsp3) is 0.100. The zero-order chi connectivity index (χ0) is 19.9. The average Bonchev–Trinajstić information content (AvgIpc) is 2.71. The van der Waals surface area contributed by atoms with Gasteiger partial charge in [-0.25, -0.2) is 4.79 Å². The quantitative estimate of drug-likeness (QED) is 0.470. The third-order valence-corrected chi connectivity index (χ3v) is 4.83. The van der Waals surface area contributed by atoms with Crippen LogP contribution in [0.3, 0.4) is 0 Å². The van der Waals surface area contributed by atoms with E-state index < -0.39 is 24.4 Å². The van der Waals surface area contributed by atoms with Gasteiger partial charge >= 0.3 is 5.97 Å². The molecule has 0 aliphatic heterocycles. The second kappa shape index (κ2) is 9.01. The number of esters is 1. The molecule has 1 aromatic heterocycles. The Hall–Kier alpha value is -3.39. The Morgan fingerprint density at radius 1 is 1.04 bits per heavy atom. The summed E-state index contributed by atoms with van der Waals surface area (Å²) in [6, 6.07) is 15.7. The number of carbonyl (C=O) groups is 3. The Kier molecular flexibility index (Phi) is 6.23. The van der Waals surface area contributed by atoms with E-state index in [1.165, 1.54) is 0 Å². The first-order valence-electron chi connectivity index (χ1n) is 8.35. The van der Waals surface area contributed by atoms with Crippen molar-refractivity contribution in [2.75, 3.05) is 17.7 Å². The lowest BCUT2D eigenvalue weighted by atomic mass is 10.2. The number of benzene rings is 2. The highest BCUT2D eigenvalue weighted by molar-refractivity contribution is 8.00. The number of anilines is 1. The monoisotopic (exact) mass is 395 g/mol. The molecule has 0 radical (unpaired) electrons. The number of hydrogen-bond donors (Lipinski definition) is 2. The first kappa shape index (κ1) is 19.4. The number of hydrogen-bond acceptors (Lipinski definition) is 6. The summed E-state index contributed by atoms with van der Waals surface area (Å²) in [7, 11) is 0. The molecule has 0 aliphatic carbocycles. The van der Waals surface area contributed by atoms with Gasteiger partial charge in [0, 0.05) is 16.5 Å². The molecule has 7 nitrogen and oxygen atoms in total. The second-order valence-corrected chi connectivity index (χ2v) is 6.77. The van der Waals surface area contributed by atoms with Gasteiger partial charge in [-0.1, -0.05) is 18.2 Å². The number of carbonyl (C=O) groups excluding carboxylic acids is 3. The molecule has 28 heavy (non-hydrogen) atoms. The number of thioether (sulfide) groups is 1. The van der Waals surface area contributed by atoms with Crippen molar-refractivity contribution < 1.29 is 19.1 Å². The molecule has 0 aliphatic rings. The molecule has 0 saturated carbocycles. The summed E-state index contributed by atoms with van der Waals surface area (Å²) in [5, 5.41) is 3.51. The Balaban J connectivity index is 1.63. The fourth-order valence-corrected chi connectivity index (χ4v) is 3.30. The first-order valence-corrected chi connectivity index (χ1v) is 9.34. The van der Waals surface area contributed by atoms with Gasteiger partial charge in [0.15, 0.2) is 6.61 Å². The Morgan fingerprint density at radius 2 is 1.86 bits per heavy atom. The highest BCUT2D eigenvalue weighted by atomic mass is 32.2. The van der Waals surface area contributed by atoms with Crippen LogP contribution in [0.5, 0.6) is 0 Å². The number of rotatable bonds is 7. The van der Waals surface area contributed by atoms with E-state index in [0.717, 1.165) is 22.7 Å². The van der Waals surface area contributed by atoms with Crippen molar-refractivity contribution in [2.45, 2.75) is 4.90 Å². The van der Waals surface area contributed by atoms with Crippen molar-refractivity contribution in [3.05, 3.63) is 66.4 Å². The van der Waals surface area contributed by atoms with Crippen LogP contribution in [0.15, 0.2) is 65.7 Å². The van der Waals surface area contributed by atoms with E-state index in [1.54, 1.807) is 48.7 Å². The number of nitrogens with zero attached hydrogens (tertiary/aromatic N) is 1. The predicted molar refractivity (Wildman–Crippen MR) is 107 cm³/mol. The molecule has 3 rings (SSSR count). The largest absolute Gasteiger partial charge is 0.452 e. The van der Waals surface area contributed by atoms with Crippen LogP contribution in [-0.4, -0.2) is 35.1 Å². The summed E-state index contributed by atoms with van der Waals surface area (Å²) >= 11 is 1.14. The van der Waals surface area contributed by atoms with Gasteiger partial charge in [-0.2, -0.15) is 0 Å². The van der Waals surface area contributed by atoms with E-state index in [0.29, 0.717) is 10.6 Å². The zero-order valence-electron chi connectivity index (χ0n) is 14.8. The maximum absolute atomic E-state index is 12.3. The molecule has 142 valence electrons. The van der Waals surface area contributed by atoms with Gasteiger partial charge in [-0.05, 0) is 36.4 Å². The molecule has 8 heteroatoms. The molecule has 2 amide bonds. The third-order valence-electron chi connectivity index (χ3n) is 3.73. The van der Waals surface area contributed by atoms with Crippen LogP contribution in [0, 0.1) is 0 Å². The molecule has 0 saturated heterocycles. The van der Waals surface area contributed by atoms with Gasteiger partial charge in [0.2, 0.25) is 5.91 Å². The van der Waals surface area contributed by atoms with Crippen LogP contribution in [-0.2, 0) is 14.3 Å². The Morgan fingerprint density at radius 3 is 2.68 bits per heavy atom. The maximum atomic E-state index is 12.3. The number of amides is 2. The molecular formula is C20H17N3O4S. The van der Waals surface area contributed by atoms with Crippen LogP contribution in [0.25, 0.3) is 10.9 Å². The molecule has 0 spiro atoms. The van der Waals surface area contributed by atoms with Crippen molar-refractivity contribution in [1.82, 2.24) is 4.98 Å². The SMILES string of the molecule is NC(=O)CSc1ccccc1C(=O)OCC(=O)Nc1cccc2ncccc12.